The number of nitro groups is 1. The highest BCUT2D eigenvalue weighted by atomic mass is 19.2. The molecule has 2 aromatic rings. The molecule has 0 unspecified atom stereocenters. The van der Waals surface area contributed by atoms with Crippen molar-refractivity contribution in [3.8, 4) is 5.75 Å². The van der Waals surface area contributed by atoms with Gasteiger partial charge >= 0.3 is 0 Å². The summed E-state index contributed by atoms with van der Waals surface area (Å²) in [6, 6.07) is 5.76. The number of non-ortho nitro benzene ring substituents is 1. The molecule has 0 radical (unpaired) electrons. The van der Waals surface area contributed by atoms with Crippen LogP contribution in [0.4, 0.5) is 28.9 Å². The van der Waals surface area contributed by atoms with E-state index in [-0.39, 0.29) is 31.9 Å². The summed E-state index contributed by atoms with van der Waals surface area (Å²) in [6.45, 7) is 0.579. The number of amides is 1. The van der Waals surface area contributed by atoms with Crippen LogP contribution in [0.3, 0.4) is 0 Å². The van der Waals surface area contributed by atoms with E-state index in [0.717, 1.165) is 12.0 Å². The van der Waals surface area contributed by atoms with E-state index in [1.54, 1.807) is 12.1 Å². The van der Waals surface area contributed by atoms with Gasteiger partial charge in [-0.15, -0.1) is 0 Å². The molecule has 0 bridgehead atoms. The molecule has 0 N–H and O–H groups in total. The fourth-order valence-electron chi connectivity index (χ4n) is 3.09. The molecule has 3 rings (SSSR count). The molecule has 2 aromatic carbocycles. The van der Waals surface area contributed by atoms with Crippen molar-refractivity contribution in [2.24, 2.45) is 0 Å². The molecule has 1 aliphatic rings. The van der Waals surface area contributed by atoms with E-state index >= 15 is 0 Å². The van der Waals surface area contributed by atoms with Gasteiger partial charge in [-0.25, -0.2) is 8.78 Å². The highest BCUT2D eigenvalue weighted by molar-refractivity contribution is 5.95. The molecular formula is C18H15F4N3O4. The molecule has 0 saturated carbocycles. The van der Waals surface area contributed by atoms with Crippen LogP contribution >= 0.6 is 0 Å². The fraction of sp³-hybridized carbons (Fsp3) is 0.278. The molecule has 1 fully saturated rings. The molecule has 1 heterocycles. The minimum absolute atomic E-state index is 0.0317. The number of anilines is 1. The first-order valence-corrected chi connectivity index (χ1v) is 8.44. The molecule has 11 heteroatoms. The number of halogens is 4. The molecule has 1 amide bonds. The normalized spacial score (nSPS) is 14.1. The zero-order chi connectivity index (χ0) is 21.3. The third-order valence-electron chi connectivity index (χ3n) is 4.63. The molecule has 0 aliphatic carbocycles. The Bertz CT molecular complexity index is 932. The first-order valence-electron chi connectivity index (χ1n) is 8.44. The Hall–Kier alpha value is -3.37. The van der Waals surface area contributed by atoms with Crippen molar-refractivity contribution in [3.63, 3.8) is 0 Å². The van der Waals surface area contributed by atoms with Gasteiger partial charge < -0.3 is 14.5 Å². The Morgan fingerprint density at radius 2 is 1.48 bits per heavy atom. The monoisotopic (exact) mass is 413 g/mol. The molecule has 0 atom stereocenters. The lowest BCUT2D eigenvalue weighted by atomic mass is 10.1. The van der Waals surface area contributed by atoms with Gasteiger partial charge in [0.1, 0.15) is 5.56 Å². The second kappa shape index (κ2) is 7.94. The predicted molar refractivity (Wildman–Crippen MR) is 94.0 cm³/mol. The van der Waals surface area contributed by atoms with Gasteiger partial charge in [0.15, 0.2) is 17.4 Å². The zero-order valence-corrected chi connectivity index (χ0v) is 15.1. The molecule has 7 nitrogen and oxygen atoms in total. The van der Waals surface area contributed by atoms with Gasteiger partial charge in [0.05, 0.1) is 12.0 Å². The number of hydrogen-bond donors (Lipinski definition) is 0. The van der Waals surface area contributed by atoms with Gasteiger partial charge in [-0.1, -0.05) is 0 Å². The standard InChI is InChI=1S/C18H15F4N3O4/c1-29-17-15(21)13(19)12(14(20)16(17)22)18(26)24-8-6-23(7-9-24)10-2-4-11(5-3-10)25(27)28/h2-5H,6-9H2,1H3. The Morgan fingerprint density at radius 3 is 1.93 bits per heavy atom. The number of nitro benzene ring substituents is 1. The van der Waals surface area contributed by atoms with E-state index < -0.39 is 45.4 Å². The lowest BCUT2D eigenvalue weighted by Gasteiger charge is -2.36. The quantitative estimate of drug-likeness (QED) is 0.333. The second-order valence-electron chi connectivity index (χ2n) is 6.22. The highest BCUT2D eigenvalue weighted by Gasteiger charge is 2.33. The summed E-state index contributed by atoms with van der Waals surface area (Å²) in [6.07, 6.45) is 0. The van der Waals surface area contributed by atoms with Crippen molar-refractivity contribution >= 4 is 17.3 Å². The van der Waals surface area contributed by atoms with Gasteiger partial charge in [-0.2, -0.15) is 8.78 Å². The van der Waals surface area contributed by atoms with Crippen molar-refractivity contribution in [2.45, 2.75) is 0 Å². The lowest BCUT2D eigenvalue weighted by molar-refractivity contribution is -0.384. The molecule has 0 aromatic heterocycles. The van der Waals surface area contributed by atoms with Crippen LogP contribution in [0, 0.1) is 33.4 Å². The maximum absolute atomic E-state index is 14.2. The number of benzene rings is 2. The molecule has 154 valence electrons. The minimum atomic E-state index is -1.82. The van der Waals surface area contributed by atoms with Gasteiger partial charge in [0.2, 0.25) is 11.6 Å². The summed E-state index contributed by atoms with van der Waals surface area (Å²) in [7, 11) is 0.847. The van der Waals surface area contributed by atoms with E-state index in [2.05, 4.69) is 4.74 Å². The Kier molecular flexibility index (Phi) is 5.57. The van der Waals surface area contributed by atoms with Crippen LogP contribution < -0.4 is 9.64 Å². The summed E-state index contributed by atoms with van der Waals surface area (Å²) >= 11 is 0. The van der Waals surface area contributed by atoms with Crippen LogP contribution in [0.5, 0.6) is 5.75 Å². The van der Waals surface area contributed by atoms with E-state index in [1.165, 1.54) is 12.1 Å². The molecule has 29 heavy (non-hydrogen) atoms. The van der Waals surface area contributed by atoms with E-state index in [0.29, 0.717) is 5.69 Å². The number of piperazine rings is 1. The van der Waals surface area contributed by atoms with E-state index in [4.69, 9.17) is 0 Å². The van der Waals surface area contributed by atoms with Crippen molar-refractivity contribution in [2.75, 3.05) is 38.2 Å². The Labute approximate surface area is 162 Å². The Morgan fingerprint density at radius 1 is 0.966 bits per heavy atom. The third-order valence-corrected chi connectivity index (χ3v) is 4.63. The van der Waals surface area contributed by atoms with Crippen LogP contribution in [0.1, 0.15) is 10.4 Å². The topological polar surface area (TPSA) is 75.9 Å². The summed E-state index contributed by atoms with van der Waals surface area (Å²) in [5, 5.41) is 10.7. The van der Waals surface area contributed by atoms with Crippen LogP contribution in [-0.4, -0.2) is 49.0 Å². The van der Waals surface area contributed by atoms with Crippen molar-refractivity contribution in [3.05, 3.63) is 63.2 Å². The first-order chi connectivity index (χ1) is 13.8. The summed E-state index contributed by atoms with van der Waals surface area (Å²) < 4.78 is 60.4. The number of carbonyl (C=O) groups excluding carboxylic acids is 1. The summed E-state index contributed by atoms with van der Waals surface area (Å²) in [5.74, 6) is -9.60. The molecule has 1 aliphatic heterocycles. The van der Waals surface area contributed by atoms with E-state index in [1.807, 2.05) is 4.90 Å². The van der Waals surface area contributed by atoms with Gasteiger partial charge in [-0.05, 0) is 12.1 Å². The number of hydrogen-bond acceptors (Lipinski definition) is 5. The van der Waals surface area contributed by atoms with Crippen molar-refractivity contribution in [1.29, 1.82) is 0 Å². The maximum Gasteiger partial charge on any atom is 0.269 e. The number of ether oxygens (including phenoxy) is 1. The number of rotatable bonds is 4. The van der Waals surface area contributed by atoms with Crippen molar-refractivity contribution in [1.82, 2.24) is 4.90 Å². The fourth-order valence-corrected chi connectivity index (χ4v) is 3.09. The van der Waals surface area contributed by atoms with Crippen LogP contribution in [0.15, 0.2) is 24.3 Å². The number of methoxy groups -OCH3 is 1. The molecular weight excluding hydrogens is 398 g/mol. The summed E-state index contributed by atoms with van der Waals surface area (Å²) in [5.41, 5.74) is -0.719. The van der Waals surface area contributed by atoms with Gasteiger partial charge in [0, 0.05) is 44.0 Å². The first kappa shape index (κ1) is 20.4. The molecule has 0 spiro atoms. The van der Waals surface area contributed by atoms with Crippen molar-refractivity contribution < 1.29 is 32.0 Å². The zero-order valence-electron chi connectivity index (χ0n) is 15.1. The van der Waals surface area contributed by atoms with Gasteiger partial charge in [-0.3, -0.25) is 14.9 Å². The number of carbonyl (C=O) groups is 1. The SMILES string of the molecule is COc1c(F)c(F)c(C(=O)N2CCN(c3ccc([N+](=O)[O-])cc3)CC2)c(F)c1F. The smallest absolute Gasteiger partial charge is 0.269 e. The maximum atomic E-state index is 14.2. The summed E-state index contributed by atoms with van der Waals surface area (Å²) in [4.78, 5) is 25.6. The van der Waals surface area contributed by atoms with E-state index in [9.17, 15) is 32.5 Å². The van der Waals surface area contributed by atoms with Crippen LogP contribution in [0.2, 0.25) is 0 Å². The molecule has 1 saturated heterocycles. The van der Waals surface area contributed by atoms with Crippen LogP contribution in [0.25, 0.3) is 0 Å². The third kappa shape index (κ3) is 3.67. The average molecular weight is 413 g/mol. The Balaban J connectivity index is 1.76. The largest absolute Gasteiger partial charge is 0.491 e. The predicted octanol–water partition coefficient (Wildman–Crippen LogP) is 3.12. The van der Waals surface area contributed by atoms with Crippen LogP contribution in [-0.2, 0) is 0 Å². The average Bonchev–Trinajstić information content (AvgIpc) is 2.73. The minimum Gasteiger partial charge on any atom is -0.491 e. The number of nitrogens with zero attached hydrogens (tertiary/aromatic N) is 3. The van der Waals surface area contributed by atoms with Gasteiger partial charge in [0.25, 0.3) is 11.6 Å². The lowest BCUT2D eigenvalue weighted by Crippen LogP contribution is -2.49. The second-order valence-corrected chi connectivity index (χ2v) is 6.22. The highest BCUT2D eigenvalue weighted by Crippen LogP contribution is 2.31.